The molecule has 3 N–H and O–H groups in total. The highest BCUT2D eigenvalue weighted by Gasteiger charge is 2.21. The molecule has 10 heteroatoms. The molecule has 0 aliphatic heterocycles. The van der Waals surface area contributed by atoms with Crippen molar-refractivity contribution in [1.82, 2.24) is 18.7 Å². The normalized spacial score (nSPS) is 13.4. The molecular formula is C19H25N5O5. The predicted molar refractivity (Wildman–Crippen MR) is 108 cm³/mol. The van der Waals surface area contributed by atoms with Gasteiger partial charge in [0.2, 0.25) is 5.95 Å². The van der Waals surface area contributed by atoms with Crippen molar-refractivity contribution in [3.63, 3.8) is 0 Å². The molecule has 2 aromatic heterocycles. The number of nitrogens with one attached hydrogen (secondary N) is 1. The van der Waals surface area contributed by atoms with Crippen molar-refractivity contribution in [3.05, 3.63) is 51.2 Å². The highest BCUT2D eigenvalue weighted by atomic mass is 16.5. The van der Waals surface area contributed by atoms with Crippen LogP contribution >= 0.6 is 0 Å². The van der Waals surface area contributed by atoms with Gasteiger partial charge >= 0.3 is 5.69 Å². The van der Waals surface area contributed by atoms with Crippen LogP contribution < -0.4 is 21.3 Å². The van der Waals surface area contributed by atoms with Crippen molar-refractivity contribution in [3.8, 4) is 5.75 Å². The van der Waals surface area contributed by atoms with Gasteiger partial charge in [0.1, 0.15) is 18.5 Å². The Balaban J connectivity index is 1.96. The molecule has 0 aliphatic rings. The van der Waals surface area contributed by atoms with Crippen LogP contribution in [0.3, 0.4) is 0 Å². The number of anilines is 1. The lowest BCUT2D eigenvalue weighted by atomic mass is 10.3. The molecule has 0 radical (unpaired) electrons. The number of ether oxygens (including phenoxy) is 1. The van der Waals surface area contributed by atoms with Gasteiger partial charge in [-0.2, -0.15) is 4.98 Å². The second-order valence-corrected chi connectivity index (χ2v) is 6.93. The topological polar surface area (TPSA) is 124 Å². The van der Waals surface area contributed by atoms with Crippen molar-refractivity contribution >= 4 is 17.1 Å². The molecule has 29 heavy (non-hydrogen) atoms. The highest BCUT2D eigenvalue weighted by molar-refractivity contribution is 5.74. The largest absolute Gasteiger partial charge is 0.491 e. The van der Waals surface area contributed by atoms with Crippen molar-refractivity contribution in [1.29, 1.82) is 0 Å². The fourth-order valence-corrected chi connectivity index (χ4v) is 2.97. The van der Waals surface area contributed by atoms with Crippen LogP contribution in [0, 0.1) is 0 Å². The van der Waals surface area contributed by atoms with Crippen LogP contribution in [0.2, 0.25) is 0 Å². The average molecular weight is 403 g/mol. The van der Waals surface area contributed by atoms with E-state index >= 15 is 0 Å². The first-order valence-corrected chi connectivity index (χ1v) is 9.23. The number of rotatable bonds is 8. The predicted octanol–water partition coefficient (Wildman–Crippen LogP) is -0.334. The van der Waals surface area contributed by atoms with Gasteiger partial charge in [-0.1, -0.05) is 18.2 Å². The molecule has 2 heterocycles. The van der Waals surface area contributed by atoms with Gasteiger partial charge in [-0.3, -0.25) is 13.9 Å². The van der Waals surface area contributed by atoms with Gasteiger partial charge < -0.3 is 24.8 Å². The van der Waals surface area contributed by atoms with E-state index in [9.17, 15) is 19.8 Å². The van der Waals surface area contributed by atoms with Gasteiger partial charge in [-0.15, -0.1) is 0 Å². The first kappa shape index (κ1) is 20.6. The summed E-state index contributed by atoms with van der Waals surface area (Å²) in [5.41, 5.74) is -0.636. The quantitative estimate of drug-likeness (QED) is 0.470. The highest BCUT2D eigenvalue weighted by Crippen LogP contribution is 2.17. The molecule has 0 bridgehead atoms. The van der Waals surface area contributed by atoms with Crippen LogP contribution in [0.15, 0.2) is 39.9 Å². The molecule has 10 nitrogen and oxygen atoms in total. The third-order valence-corrected chi connectivity index (χ3v) is 4.48. The van der Waals surface area contributed by atoms with E-state index < -0.39 is 23.5 Å². The molecule has 0 fully saturated rings. The lowest BCUT2D eigenvalue weighted by Crippen LogP contribution is -2.38. The number of aryl methyl sites for hydroxylation is 1. The van der Waals surface area contributed by atoms with E-state index in [1.54, 1.807) is 19.1 Å². The monoisotopic (exact) mass is 403 g/mol. The van der Waals surface area contributed by atoms with Gasteiger partial charge in [0, 0.05) is 20.6 Å². The van der Waals surface area contributed by atoms with E-state index in [0.29, 0.717) is 5.75 Å². The number of aromatic nitrogens is 4. The van der Waals surface area contributed by atoms with Gasteiger partial charge in [0.25, 0.3) is 5.56 Å². The van der Waals surface area contributed by atoms with Gasteiger partial charge in [0.15, 0.2) is 11.2 Å². The Hall–Kier alpha value is -3.11. The van der Waals surface area contributed by atoms with Crippen molar-refractivity contribution < 1.29 is 14.9 Å². The van der Waals surface area contributed by atoms with Gasteiger partial charge in [0.05, 0.1) is 12.6 Å². The van der Waals surface area contributed by atoms with Crippen LogP contribution in [0.25, 0.3) is 11.2 Å². The maximum atomic E-state index is 12.7. The van der Waals surface area contributed by atoms with E-state index in [1.807, 2.05) is 18.2 Å². The van der Waals surface area contributed by atoms with Crippen LogP contribution in [-0.4, -0.2) is 54.3 Å². The molecule has 2 atom stereocenters. The van der Waals surface area contributed by atoms with Crippen molar-refractivity contribution in [2.45, 2.75) is 25.7 Å². The Kier molecular flexibility index (Phi) is 6.04. The molecular weight excluding hydrogens is 378 g/mol. The molecule has 0 spiro atoms. The minimum absolute atomic E-state index is 0.00556. The van der Waals surface area contributed by atoms with Gasteiger partial charge in [-0.05, 0) is 19.1 Å². The Bertz CT molecular complexity index is 1100. The second-order valence-electron chi connectivity index (χ2n) is 6.93. The van der Waals surface area contributed by atoms with Crippen molar-refractivity contribution in [2.24, 2.45) is 14.1 Å². The average Bonchev–Trinajstić information content (AvgIpc) is 3.06. The summed E-state index contributed by atoms with van der Waals surface area (Å²) >= 11 is 0. The first-order valence-electron chi connectivity index (χ1n) is 9.23. The number of imidazole rings is 1. The summed E-state index contributed by atoms with van der Waals surface area (Å²) in [5.74, 6) is 0.894. The SMILES string of the molecule is C[C@@H](O)CNc1nc2c(c(=O)n(C)c(=O)n2C)n1C[C@@H](O)COc1ccccc1. The number of fused-ring (bicyclic) bond motifs is 1. The smallest absolute Gasteiger partial charge is 0.332 e. The molecule has 0 aliphatic carbocycles. The fraction of sp³-hybridized carbons (Fsp3) is 0.421. The Morgan fingerprint density at radius 1 is 1.14 bits per heavy atom. The van der Waals surface area contributed by atoms with Crippen LogP contribution in [-0.2, 0) is 20.6 Å². The zero-order valence-corrected chi connectivity index (χ0v) is 16.6. The molecule has 0 saturated heterocycles. The minimum Gasteiger partial charge on any atom is -0.491 e. The third-order valence-electron chi connectivity index (χ3n) is 4.48. The summed E-state index contributed by atoms with van der Waals surface area (Å²) < 4.78 is 9.36. The number of hydrogen-bond acceptors (Lipinski definition) is 7. The summed E-state index contributed by atoms with van der Waals surface area (Å²) in [6.45, 7) is 1.82. The standard InChI is InChI=1S/C19H25N5O5/c1-12(25)9-20-18-21-16-15(17(27)23(3)19(28)22(16)2)24(18)10-13(26)11-29-14-7-5-4-6-8-14/h4-8,12-13,25-26H,9-11H2,1-3H3,(H,20,21)/t12-,13-/m1/s1. The number of benzene rings is 1. The summed E-state index contributed by atoms with van der Waals surface area (Å²) in [6, 6.07) is 9.07. The Labute approximate surface area is 166 Å². The molecule has 0 unspecified atom stereocenters. The number of aliphatic hydroxyl groups excluding tert-OH is 2. The van der Waals surface area contributed by atoms with E-state index in [0.717, 1.165) is 4.57 Å². The van der Waals surface area contributed by atoms with E-state index in [1.165, 1.54) is 23.2 Å². The molecule has 1 aromatic carbocycles. The molecule has 3 rings (SSSR count). The van der Waals surface area contributed by atoms with E-state index in [4.69, 9.17) is 4.74 Å². The fourth-order valence-electron chi connectivity index (χ4n) is 2.97. The lowest BCUT2D eigenvalue weighted by molar-refractivity contribution is 0.0938. The van der Waals surface area contributed by atoms with Crippen LogP contribution in [0.1, 0.15) is 6.92 Å². The maximum absolute atomic E-state index is 12.7. The maximum Gasteiger partial charge on any atom is 0.332 e. The molecule has 156 valence electrons. The number of para-hydroxylation sites is 1. The first-order chi connectivity index (χ1) is 13.8. The zero-order chi connectivity index (χ0) is 21.1. The Morgan fingerprint density at radius 3 is 2.48 bits per heavy atom. The van der Waals surface area contributed by atoms with Gasteiger partial charge in [-0.25, -0.2) is 4.79 Å². The summed E-state index contributed by atoms with van der Waals surface area (Å²) in [6.07, 6.45) is -1.59. The minimum atomic E-state index is -0.943. The summed E-state index contributed by atoms with van der Waals surface area (Å²) in [4.78, 5) is 29.3. The van der Waals surface area contributed by atoms with E-state index in [2.05, 4.69) is 10.3 Å². The summed E-state index contributed by atoms with van der Waals surface area (Å²) in [5, 5.41) is 23.0. The van der Waals surface area contributed by atoms with E-state index in [-0.39, 0.29) is 36.8 Å². The molecule has 3 aromatic rings. The lowest BCUT2D eigenvalue weighted by Gasteiger charge is -2.16. The molecule has 0 saturated carbocycles. The van der Waals surface area contributed by atoms with Crippen LogP contribution in [0.5, 0.6) is 5.75 Å². The second kappa shape index (κ2) is 8.50. The third kappa shape index (κ3) is 4.33. The Morgan fingerprint density at radius 2 is 1.83 bits per heavy atom. The number of aliphatic hydroxyl groups is 2. The van der Waals surface area contributed by atoms with Crippen LogP contribution in [0.4, 0.5) is 5.95 Å². The number of hydrogen-bond donors (Lipinski definition) is 3. The summed E-state index contributed by atoms with van der Waals surface area (Å²) in [7, 11) is 2.91. The zero-order valence-electron chi connectivity index (χ0n) is 16.6. The van der Waals surface area contributed by atoms with Crippen molar-refractivity contribution in [2.75, 3.05) is 18.5 Å². The number of nitrogens with zero attached hydrogens (tertiary/aromatic N) is 4. The molecule has 0 amide bonds.